The summed E-state index contributed by atoms with van der Waals surface area (Å²) >= 11 is 0. The third kappa shape index (κ3) is 16.7. The molecule has 0 fully saturated rings. The van der Waals surface area contributed by atoms with Gasteiger partial charge in [-0.15, -0.1) is 0 Å². The van der Waals surface area contributed by atoms with Gasteiger partial charge in [-0.3, -0.25) is 14.4 Å². The lowest BCUT2D eigenvalue weighted by molar-refractivity contribution is -0.143. The highest BCUT2D eigenvalue weighted by Crippen LogP contribution is 1.96. The molecule has 0 saturated heterocycles. The van der Waals surface area contributed by atoms with Gasteiger partial charge in [-0.1, -0.05) is 6.42 Å². The van der Waals surface area contributed by atoms with Crippen LogP contribution in [0.5, 0.6) is 0 Å². The fraction of sp³-hybridized carbons (Fsp3) is 0.700. The highest BCUT2D eigenvalue weighted by Gasteiger charge is 2.06. The van der Waals surface area contributed by atoms with Crippen LogP contribution in [-0.4, -0.2) is 40.6 Å². The maximum Gasteiger partial charge on any atom is 0.303 e. The number of primary amides is 1. The van der Waals surface area contributed by atoms with E-state index < -0.39 is 23.9 Å². The molecule has 8 N–H and O–H groups in total. The number of hydrogen-bond acceptors (Lipinski definition) is 5. The third-order valence-corrected chi connectivity index (χ3v) is 1.89. The largest absolute Gasteiger partial charge is 0.481 e. The van der Waals surface area contributed by atoms with Gasteiger partial charge >= 0.3 is 11.9 Å². The quantitative estimate of drug-likeness (QED) is 0.344. The monoisotopic (exact) mass is 263 g/mol. The maximum atomic E-state index is 10.4. The molecule has 0 aliphatic rings. The average molecular weight is 263 g/mol. The second kappa shape index (κ2) is 11.8. The fourth-order valence-corrected chi connectivity index (χ4v) is 0.865. The molecule has 0 spiro atoms. The maximum absolute atomic E-state index is 10.4. The number of carboxylic acid groups (broad SMARTS) is 2. The van der Waals surface area contributed by atoms with Crippen LogP contribution in [0.1, 0.15) is 32.1 Å². The van der Waals surface area contributed by atoms with Gasteiger partial charge in [-0.05, 0) is 19.4 Å². The summed E-state index contributed by atoms with van der Waals surface area (Å²) < 4.78 is 0. The van der Waals surface area contributed by atoms with Crippen LogP contribution in [0.15, 0.2) is 0 Å². The second-order valence-electron chi connectivity index (χ2n) is 3.58. The summed E-state index contributed by atoms with van der Waals surface area (Å²) in [5, 5.41) is 15.8. The molecule has 0 radical (unpaired) electrons. The number of nitrogens with two attached hydrogens (primary N) is 3. The first-order valence-electron chi connectivity index (χ1n) is 5.49. The Morgan fingerprint density at radius 1 is 1.00 bits per heavy atom. The van der Waals surface area contributed by atoms with Gasteiger partial charge in [0.15, 0.2) is 0 Å². The summed E-state index contributed by atoms with van der Waals surface area (Å²) in [6.45, 7) is 0.644. The number of hydrogen-bond donors (Lipinski definition) is 5. The van der Waals surface area contributed by atoms with Crippen molar-refractivity contribution in [1.82, 2.24) is 0 Å². The van der Waals surface area contributed by atoms with Gasteiger partial charge in [0.05, 0.1) is 18.9 Å². The van der Waals surface area contributed by atoms with Crippen LogP contribution in [0.2, 0.25) is 0 Å². The van der Waals surface area contributed by atoms with Gasteiger partial charge in [0.25, 0.3) is 0 Å². The van der Waals surface area contributed by atoms with Crippen molar-refractivity contribution in [3.05, 3.63) is 0 Å². The summed E-state index contributed by atoms with van der Waals surface area (Å²) in [5.41, 5.74) is 15.5. The average Bonchev–Trinajstić information content (AvgIpc) is 2.27. The minimum atomic E-state index is -1.08. The highest BCUT2D eigenvalue weighted by atomic mass is 16.4. The van der Waals surface area contributed by atoms with Crippen molar-refractivity contribution in [3.8, 4) is 0 Å². The zero-order valence-corrected chi connectivity index (χ0v) is 10.2. The number of amides is 1. The van der Waals surface area contributed by atoms with E-state index in [4.69, 9.17) is 27.4 Å². The molecule has 1 amide bonds. The molecule has 0 aliphatic carbocycles. The van der Waals surface area contributed by atoms with E-state index >= 15 is 0 Å². The standard InChI is InChI=1S/C6H15N3O.C4H6O4/c7-4-2-1-3-5(8)6(9)10;5-3(6)1-2-4(7)8/h5H,1-4,7-8H2,(H2,9,10);1-2H2,(H,5,6)(H,7,8). The molecule has 0 saturated carbocycles. The molecule has 8 heteroatoms. The van der Waals surface area contributed by atoms with Crippen molar-refractivity contribution in [2.45, 2.75) is 38.1 Å². The van der Waals surface area contributed by atoms with Crippen molar-refractivity contribution in [2.24, 2.45) is 17.2 Å². The Balaban J connectivity index is 0. The fourth-order valence-electron chi connectivity index (χ4n) is 0.865. The molecule has 0 aliphatic heterocycles. The van der Waals surface area contributed by atoms with E-state index in [0.29, 0.717) is 13.0 Å². The van der Waals surface area contributed by atoms with Crippen LogP contribution in [0, 0.1) is 0 Å². The van der Waals surface area contributed by atoms with Crippen molar-refractivity contribution in [2.75, 3.05) is 6.54 Å². The lowest BCUT2D eigenvalue weighted by Crippen LogP contribution is -2.36. The van der Waals surface area contributed by atoms with E-state index in [1.165, 1.54) is 0 Å². The summed E-state index contributed by atoms with van der Waals surface area (Å²) in [6, 6.07) is -0.494. The van der Waals surface area contributed by atoms with Gasteiger partial charge in [0, 0.05) is 0 Å². The number of carbonyl (C=O) groups is 3. The Labute approximate surface area is 105 Å². The molecular formula is C10H21N3O5. The predicted molar refractivity (Wildman–Crippen MR) is 64.6 cm³/mol. The van der Waals surface area contributed by atoms with Crippen LogP contribution >= 0.6 is 0 Å². The zero-order chi connectivity index (χ0) is 14.6. The minimum absolute atomic E-state index is 0.296. The number of carboxylic acids is 2. The number of aliphatic carboxylic acids is 2. The molecule has 0 heterocycles. The summed E-state index contributed by atoms with van der Waals surface area (Å²) in [4.78, 5) is 29.6. The Morgan fingerprint density at radius 3 is 1.72 bits per heavy atom. The second-order valence-corrected chi connectivity index (χ2v) is 3.58. The zero-order valence-electron chi connectivity index (χ0n) is 10.2. The molecule has 0 aromatic carbocycles. The summed E-state index contributed by atoms with van der Waals surface area (Å²) in [6.07, 6.45) is 1.83. The van der Waals surface area contributed by atoms with E-state index in [1.54, 1.807) is 0 Å². The molecule has 0 bridgehead atoms. The van der Waals surface area contributed by atoms with E-state index in [-0.39, 0.29) is 12.8 Å². The number of rotatable bonds is 8. The molecule has 18 heavy (non-hydrogen) atoms. The first kappa shape index (κ1) is 18.7. The molecular weight excluding hydrogens is 242 g/mol. The van der Waals surface area contributed by atoms with Gasteiger partial charge in [-0.2, -0.15) is 0 Å². The molecule has 106 valence electrons. The van der Waals surface area contributed by atoms with Crippen LogP contribution in [-0.2, 0) is 14.4 Å². The Morgan fingerprint density at radius 2 is 1.44 bits per heavy atom. The van der Waals surface area contributed by atoms with E-state index in [0.717, 1.165) is 12.8 Å². The van der Waals surface area contributed by atoms with Crippen LogP contribution < -0.4 is 17.2 Å². The van der Waals surface area contributed by atoms with Crippen LogP contribution in [0.4, 0.5) is 0 Å². The van der Waals surface area contributed by atoms with Gasteiger partial charge in [0.1, 0.15) is 0 Å². The Hall–Kier alpha value is -1.67. The lowest BCUT2D eigenvalue weighted by Gasteiger charge is -2.04. The third-order valence-electron chi connectivity index (χ3n) is 1.89. The number of carbonyl (C=O) groups excluding carboxylic acids is 1. The van der Waals surface area contributed by atoms with Crippen LogP contribution in [0.25, 0.3) is 0 Å². The van der Waals surface area contributed by atoms with Gasteiger partial charge in [-0.25, -0.2) is 0 Å². The number of unbranched alkanes of at least 4 members (excludes halogenated alkanes) is 1. The molecule has 0 aromatic rings. The minimum Gasteiger partial charge on any atom is -0.481 e. The summed E-state index contributed by atoms with van der Waals surface area (Å²) in [7, 11) is 0. The van der Waals surface area contributed by atoms with Crippen molar-refractivity contribution in [3.63, 3.8) is 0 Å². The van der Waals surface area contributed by atoms with Crippen LogP contribution in [0.3, 0.4) is 0 Å². The Bertz CT molecular complexity index is 256. The van der Waals surface area contributed by atoms with Crippen molar-refractivity contribution < 1.29 is 24.6 Å². The van der Waals surface area contributed by atoms with Crippen molar-refractivity contribution >= 4 is 17.8 Å². The smallest absolute Gasteiger partial charge is 0.303 e. The first-order chi connectivity index (χ1) is 8.31. The molecule has 0 rings (SSSR count). The SMILES string of the molecule is NCCCCC(N)C(N)=O.O=C(O)CCC(=O)O. The van der Waals surface area contributed by atoms with E-state index in [9.17, 15) is 14.4 Å². The molecule has 8 nitrogen and oxygen atoms in total. The summed E-state index contributed by atoms with van der Waals surface area (Å²) in [5.74, 6) is -2.59. The van der Waals surface area contributed by atoms with Crippen molar-refractivity contribution in [1.29, 1.82) is 0 Å². The van der Waals surface area contributed by atoms with Gasteiger partial charge in [0.2, 0.25) is 5.91 Å². The molecule has 1 atom stereocenters. The normalized spacial score (nSPS) is 11.0. The predicted octanol–water partition coefficient (Wildman–Crippen LogP) is -1.14. The topological polar surface area (TPSA) is 170 Å². The molecule has 1 unspecified atom stereocenters. The highest BCUT2D eigenvalue weighted by molar-refractivity contribution is 5.79. The molecule has 0 aromatic heterocycles. The van der Waals surface area contributed by atoms with Gasteiger partial charge < -0.3 is 27.4 Å². The Kier molecular flexibility index (Phi) is 12.3. The van der Waals surface area contributed by atoms with E-state index in [2.05, 4.69) is 0 Å². The lowest BCUT2D eigenvalue weighted by atomic mass is 10.1. The van der Waals surface area contributed by atoms with E-state index in [1.807, 2.05) is 0 Å². The first-order valence-corrected chi connectivity index (χ1v) is 5.49.